The molecule has 5 heteroatoms. The quantitative estimate of drug-likeness (QED) is 0.885. The number of hydrogen-bond acceptors (Lipinski definition) is 2. The third-order valence-corrected chi connectivity index (χ3v) is 4.26. The average Bonchev–Trinajstić information content (AvgIpc) is 2.75. The van der Waals surface area contributed by atoms with Crippen molar-refractivity contribution in [2.24, 2.45) is 0 Å². The highest BCUT2D eigenvalue weighted by Gasteiger charge is 2.04. The Kier molecular flexibility index (Phi) is 5.10. The topological polar surface area (TPSA) is 29.1 Å². The Morgan fingerprint density at radius 3 is 2.84 bits per heavy atom. The van der Waals surface area contributed by atoms with Crippen molar-refractivity contribution >= 4 is 33.2 Å². The molecule has 0 aliphatic rings. The second-order valence-electron chi connectivity index (χ2n) is 4.11. The maximum atomic E-state index is 13.0. The minimum absolute atomic E-state index is 0.0822. The Balaban J connectivity index is 1.76. The van der Waals surface area contributed by atoms with Crippen LogP contribution >= 0.6 is 27.3 Å². The number of benzene rings is 1. The molecule has 0 saturated carbocycles. The van der Waals surface area contributed by atoms with Crippen molar-refractivity contribution in [3.63, 3.8) is 0 Å². The Bertz CT molecular complexity index is 570. The van der Waals surface area contributed by atoms with E-state index in [0.717, 1.165) is 10.2 Å². The SMILES string of the molecule is O=C(Cc1cccc(F)c1)NCCc1ccc(Br)s1. The summed E-state index contributed by atoms with van der Waals surface area (Å²) in [5.41, 5.74) is 0.691. The summed E-state index contributed by atoms with van der Waals surface area (Å²) in [4.78, 5) is 12.9. The second kappa shape index (κ2) is 6.82. The summed E-state index contributed by atoms with van der Waals surface area (Å²) in [6.07, 6.45) is 1.02. The Hall–Kier alpha value is -1.20. The molecule has 19 heavy (non-hydrogen) atoms. The van der Waals surface area contributed by atoms with Crippen LogP contribution < -0.4 is 5.32 Å². The number of hydrogen-bond donors (Lipinski definition) is 1. The normalized spacial score (nSPS) is 10.4. The van der Waals surface area contributed by atoms with Gasteiger partial charge in [-0.15, -0.1) is 11.3 Å². The van der Waals surface area contributed by atoms with Crippen molar-refractivity contribution in [1.82, 2.24) is 5.32 Å². The maximum absolute atomic E-state index is 13.0. The number of rotatable bonds is 5. The first kappa shape index (κ1) is 14.2. The molecule has 1 amide bonds. The third kappa shape index (κ3) is 4.76. The van der Waals surface area contributed by atoms with Gasteiger partial charge in [0, 0.05) is 11.4 Å². The summed E-state index contributed by atoms with van der Waals surface area (Å²) in [5.74, 6) is -0.394. The molecule has 0 unspecified atom stereocenters. The first-order valence-corrected chi connectivity index (χ1v) is 7.50. The van der Waals surface area contributed by atoms with Gasteiger partial charge >= 0.3 is 0 Å². The minimum Gasteiger partial charge on any atom is -0.355 e. The molecule has 0 atom stereocenters. The van der Waals surface area contributed by atoms with Crippen LogP contribution in [0.1, 0.15) is 10.4 Å². The smallest absolute Gasteiger partial charge is 0.224 e. The molecule has 0 aliphatic carbocycles. The van der Waals surface area contributed by atoms with Crippen LogP contribution in [0.5, 0.6) is 0 Å². The van der Waals surface area contributed by atoms with Gasteiger partial charge in [0.1, 0.15) is 5.82 Å². The number of nitrogens with one attached hydrogen (secondary N) is 1. The molecular weight excluding hydrogens is 329 g/mol. The summed E-state index contributed by atoms with van der Waals surface area (Å²) in [5, 5.41) is 2.84. The molecule has 2 nitrogen and oxygen atoms in total. The van der Waals surface area contributed by atoms with Crippen molar-refractivity contribution in [2.75, 3.05) is 6.54 Å². The molecule has 2 aromatic rings. The van der Waals surface area contributed by atoms with Crippen LogP contribution in [-0.2, 0) is 17.6 Å². The molecular formula is C14H13BrFNOS. The number of halogens is 2. The van der Waals surface area contributed by atoms with E-state index in [-0.39, 0.29) is 18.1 Å². The molecule has 1 heterocycles. The van der Waals surface area contributed by atoms with E-state index in [0.29, 0.717) is 12.1 Å². The Labute approximate surface area is 123 Å². The van der Waals surface area contributed by atoms with Crippen molar-refractivity contribution in [2.45, 2.75) is 12.8 Å². The van der Waals surface area contributed by atoms with E-state index in [2.05, 4.69) is 21.2 Å². The summed E-state index contributed by atoms with van der Waals surface area (Å²) in [6, 6.07) is 10.1. The molecule has 0 saturated heterocycles. The van der Waals surface area contributed by atoms with Crippen LogP contribution in [0.4, 0.5) is 4.39 Å². The third-order valence-electron chi connectivity index (χ3n) is 2.58. The van der Waals surface area contributed by atoms with Crippen LogP contribution in [0, 0.1) is 5.82 Å². The lowest BCUT2D eigenvalue weighted by Gasteiger charge is -2.04. The zero-order chi connectivity index (χ0) is 13.7. The van der Waals surface area contributed by atoms with E-state index in [1.165, 1.54) is 17.0 Å². The van der Waals surface area contributed by atoms with Gasteiger partial charge in [0.15, 0.2) is 0 Å². The van der Waals surface area contributed by atoms with E-state index in [9.17, 15) is 9.18 Å². The van der Waals surface area contributed by atoms with Gasteiger partial charge in [-0.1, -0.05) is 12.1 Å². The molecule has 0 radical (unpaired) electrons. The Morgan fingerprint density at radius 2 is 2.16 bits per heavy atom. The van der Waals surface area contributed by atoms with Crippen LogP contribution in [0.3, 0.4) is 0 Å². The molecule has 0 aliphatic heterocycles. The lowest BCUT2D eigenvalue weighted by atomic mass is 10.1. The number of carbonyl (C=O) groups is 1. The van der Waals surface area contributed by atoms with Gasteiger partial charge < -0.3 is 5.32 Å². The summed E-state index contributed by atoms with van der Waals surface area (Å²) >= 11 is 5.06. The minimum atomic E-state index is -0.311. The fraction of sp³-hybridized carbons (Fsp3) is 0.214. The molecule has 1 aromatic carbocycles. The zero-order valence-electron chi connectivity index (χ0n) is 10.2. The molecule has 1 N–H and O–H groups in total. The molecule has 0 fully saturated rings. The maximum Gasteiger partial charge on any atom is 0.224 e. The summed E-state index contributed by atoms with van der Waals surface area (Å²) < 4.78 is 14.0. The lowest BCUT2D eigenvalue weighted by Crippen LogP contribution is -2.27. The highest BCUT2D eigenvalue weighted by Crippen LogP contribution is 2.22. The molecule has 100 valence electrons. The van der Waals surface area contributed by atoms with Gasteiger partial charge in [-0.25, -0.2) is 4.39 Å². The molecule has 2 rings (SSSR count). The molecule has 0 spiro atoms. The van der Waals surface area contributed by atoms with Crippen molar-refractivity contribution in [3.05, 3.63) is 56.4 Å². The lowest BCUT2D eigenvalue weighted by molar-refractivity contribution is -0.120. The van der Waals surface area contributed by atoms with E-state index >= 15 is 0 Å². The predicted octanol–water partition coefficient (Wildman–Crippen LogP) is 3.55. The largest absolute Gasteiger partial charge is 0.355 e. The summed E-state index contributed by atoms with van der Waals surface area (Å²) in [6.45, 7) is 0.598. The van der Waals surface area contributed by atoms with Crippen LogP contribution in [0.2, 0.25) is 0 Å². The number of amides is 1. The van der Waals surface area contributed by atoms with E-state index in [1.807, 2.05) is 12.1 Å². The van der Waals surface area contributed by atoms with Crippen molar-refractivity contribution in [3.8, 4) is 0 Å². The summed E-state index contributed by atoms with van der Waals surface area (Å²) in [7, 11) is 0. The fourth-order valence-corrected chi connectivity index (χ4v) is 3.19. The predicted molar refractivity (Wildman–Crippen MR) is 78.8 cm³/mol. The fourth-order valence-electron chi connectivity index (χ4n) is 1.71. The van der Waals surface area contributed by atoms with Gasteiger partial charge in [0.2, 0.25) is 5.91 Å². The average molecular weight is 342 g/mol. The van der Waals surface area contributed by atoms with E-state index < -0.39 is 0 Å². The van der Waals surface area contributed by atoms with Crippen molar-refractivity contribution in [1.29, 1.82) is 0 Å². The van der Waals surface area contributed by atoms with Gasteiger partial charge in [-0.2, -0.15) is 0 Å². The van der Waals surface area contributed by atoms with Gasteiger partial charge in [0.05, 0.1) is 10.2 Å². The molecule has 1 aromatic heterocycles. The van der Waals surface area contributed by atoms with Gasteiger partial charge in [-0.3, -0.25) is 4.79 Å². The number of thiophene rings is 1. The highest BCUT2D eigenvalue weighted by molar-refractivity contribution is 9.11. The first-order valence-electron chi connectivity index (χ1n) is 5.89. The van der Waals surface area contributed by atoms with Gasteiger partial charge in [0.25, 0.3) is 0 Å². The van der Waals surface area contributed by atoms with E-state index in [1.54, 1.807) is 23.5 Å². The van der Waals surface area contributed by atoms with E-state index in [4.69, 9.17) is 0 Å². The standard InChI is InChI=1S/C14H13BrFNOS/c15-13-5-4-12(19-13)6-7-17-14(18)9-10-2-1-3-11(16)8-10/h1-5,8H,6-7,9H2,(H,17,18). The number of carbonyl (C=O) groups excluding carboxylic acids is 1. The van der Waals surface area contributed by atoms with Gasteiger partial charge in [-0.05, 0) is 52.2 Å². The van der Waals surface area contributed by atoms with Crippen LogP contribution in [0.25, 0.3) is 0 Å². The first-order chi connectivity index (χ1) is 9.13. The monoisotopic (exact) mass is 341 g/mol. The molecule has 0 bridgehead atoms. The highest BCUT2D eigenvalue weighted by atomic mass is 79.9. The zero-order valence-corrected chi connectivity index (χ0v) is 12.6. The Morgan fingerprint density at radius 1 is 1.32 bits per heavy atom. The second-order valence-corrected chi connectivity index (χ2v) is 6.66. The van der Waals surface area contributed by atoms with Crippen molar-refractivity contribution < 1.29 is 9.18 Å². The van der Waals surface area contributed by atoms with Crippen LogP contribution in [-0.4, -0.2) is 12.5 Å². The van der Waals surface area contributed by atoms with Crippen LogP contribution in [0.15, 0.2) is 40.2 Å².